The Morgan fingerprint density at radius 1 is 1.67 bits per heavy atom. The van der Waals surface area contributed by atoms with E-state index >= 15 is 0 Å². The van der Waals surface area contributed by atoms with Crippen LogP contribution < -0.4 is 5.73 Å². The number of nitrogens with two attached hydrogens (primary N) is 1. The predicted molar refractivity (Wildman–Crippen MR) is 53.3 cm³/mol. The average molecular weight is 208 g/mol. The van der Waals surface area contributed by atoms with Crippen LogP contribution in [0.15, 0.2) is 18.5 Å². The standard InChI is InChI=1S/C10H12N2O3/c1-15-10(14)9(11)3-7-2-8(6-13)5-12-4-7/h2,4-6,9H,3,11H2,1H3/t9-/m0/s1. The number of nitrogens with zero attached hydrogens (tertiary/aromatic N) is 1. The number of methoxy groups -OCH3 is 1. The van der Waals surface area contributed by atoms with Gasteiger partial charge in [0.05, 0.1) is 7.11 Å². The third-order valence-electron chi connectivity index (χ3n) is 1.91. The molecule has 1 aromatic rings. The number of aromatic nitrogens is 1. The normalized spacial score (nSPS) is 11.9. The minimum atomic E-state index is -0.723. The highest BCUT2D eigenvalue weighted by Gasteiger charge is 2.14. The maximum atomic E-state index is 11.0. The van der Waals surface area contributed by atoms with Crippen molar-refractivity contribution in [2.45, 2.75) is 12.5 Å². The molecule has 0 radical (unpaired) electrons. The Kier molecular flexibility index (Phi) is 3.93. The van der Waals surface area contributed by atoms with E-state index in [9.17, 15) is 9.59 Å². The van der Waals surface area contributed by atoms with Crippen molar-refractivity contribution in [3.8, 4) is 0 Å². The van der Waals surface area contributed by atoms with E-state index in [1.54, 1.807) is 12.3 Å². The maximum Gasteiger partial charge on any atom is 0.322 e. The van der Waals surface area contributed by atoms with Gasteiger partial charge in [-0.25, -0.2) is 0 Å². The summed E-state index contributed by atoms with van der Waals surface area (Å²) in [4.78, 5) is 25.4. The molecule has 5 nitrogen and oxygen atoms in total. The molecule has 0 bridgehead atoms. The number of pyridine rings is 1. The van der Waals surface area contributed by atoms with Crippen LogP contribution in [-0.4, -0.2) is 30.4 Å². The monoisotopic (exact) mass is 208 g/mol. The van der Waals surface area contributed by atoms with Gasteiger partial charge in [-0.1, -0.05) is 0 Å². The molecule has 5 heteroatoms. The number of carbonyl (C=O) groups excluding carboxylic acids is 2. The molecule has 2 N–H and O–H groups in total. The van der Waals surface area contributed by atoms with Gasteiger partial charge in [-0.15, -0.1) is 0 Å². The Hall–Kier alpha value is -1.75. The largest absolute Gasteiger partial charge is 0.468 e. The molecule has 0 saturated heterocycles. The molecule has 0 amide bonds. The Balaban J connectivity index is 2.71. The van der Waals surface area contributed by atoms with Crippen molar-refractivity contribution in [3.63, 3.8) is 0 Å². The molecule has 15 heavy (non-hydrogen) atoms. The van der Waals surface area contributed by atoms with E-state index in [0.717, 1.165) is 5.56 Å². The van der Waals surface area contributed by atoms with Crippen LogP contribution in [0.25, 0.3) is 0 Å². The Bertz CT molecular complexity index is 365. The van der Waals surface area contributed by atoms with E-state index < -0.39 is 12.0 Å². The molecule has 1 heterocycles. The third kappa shape index (κ3) is 3.14. The molecule has 1 atom stereocenters. The molecule has 1 rings (SSSR count). The summed E-state index contributed by atoms with van der Waals surface area (Å²) in [6, 6.07) is 0.918. The van der Waals surface area contributed by atoms with Crippen molar-refractivity contribution in [2.24, 2.45) is 5.73 Å². The van der Waals surface area contributed by atoms with Gasteiger partial charge in [-0.3, -0.25) is 14.6 Å². The first-order valence-electron chi connectivity index (χ1n) is 4.40. The van der Waals surface area contributed by atoms with Crippen molar-refractivity contribution >= 4 is 12.3 Å². The summed E-state index contributed by atoms with van der Waals surface area (Å²) in [7, 11) is 1.28. The highest BCUT2D eigenvalue weighted by molar-refractivity contribution is 5.76. The van der Waals surface area contributed by atoms with Crippen LogP contribution in [0.1, 0.15) is 15.9 Å². The third-order valence-corrected chi connectivity index (χ3v) is 1.91. The van der Waals surface area contributed by atoms with E-state index in [1.807, 2.05) is 0 Å². The Morgan fingerprint density at radius 2 is 2.40 bits per heavy atom. The summed E-state index contributed by atoms with van der Waals surface area (Å²) >= 11 is 0. The van der Waals surface area contributed by atoms with Crippen molar-refractivity contribution in [2.75, 3.05) is 7.11 Å². The maximum absolute atomic E-state index is 11.0. The molecule has 0 saturated carbocycles. The fourth-order valence-electron chi connectivity index (χ4n) is 1.17. The van der Waals surface area contributed by atoms with Crippen LogP contribution in [0.4, 0.5) is 0 Å². The van der Waals surface area contributed by atoms with Crippen molar-refractivity contribution in [1.29, 1.82) is 0 Å². The summed E-state index contributed by atoms with van der Waals surface area (Å²) in [6.07, 6.45) is 4.01. The highest BCUT2D eigenvalue weighted by Crippen LogP contribution is 2.04. The molecule has 80 valence electrons. The lowest BCUT2D eigenvalue weighted by molar-refractivity contribution is -0.142. The Morgan fingerprint density at radius 3 is 3.00 bits per heavy atom. The zero-order chi connectivity index (χ0) is 11.3. The number of hydrogen-bond donors (Lipinski definition) is 1. The van der Waals surface area contributed by atoms with Gasteiger partial charge in [0.1, 0.15) is 6.04 Å². The summed E-state index contributed by atoms with van der Waals surface area (Å²) in [6.45, 7) is 0. The molecule has 0 unspecified atom stereocenters. The first-order chi connectivity index (χ1) is 7.17. The van der Waals surface area contributed by atoms with Gasteiger partial charge in [0, 0.05) is 18.0 Å². The van der Waals surface area contributed by atoms with E-state index in [0.29, 0.717) is 18.3 Å². The number of carbonyl (C=O) groups is 2. The fraction of sp³-hybridized carbons (Fsp3) is 0.300. The van der Waals surface area contributed by atoms with Crippen LogP contribution in [0.2, 0.25) is 0 Å². The number of esters is 1. The lowest BCUT2D eigenvalue weighted by Gasteiger charge is -2.08. The quantitative estimate of drug-likeness (QED) is 0.553. The molecule has 0 aromatic carbocycles. The van der Waals surface area contributed by atoms with Crippen LogP contribution in [0.5, 0.6) is 0 Å². The summed E-state index contributed by atoms with van der Waals surface area (Å²) in [5, 5.41) is 0. The molecular weight excluding hydrogens is 196 g/mol. The number of rotatable bonds is 4. The number of ether oxygens (including phenoxy) is 1. The predicted octanol–water partition coefficient (Wildman–Crippen LogP) is -0.0631. The van der Waals surface area contributed by atoms with Gasteiger partial charge in [0.25, 0.3) is 0 Å². The lowest BCUT2D eigenvalue weighted by Crippen LogP contribution is -2.33. The SMILES string of the molecule is COC(=O)[C@@H](N)Cc1cncc(C=O)c1. The summed E-state index contributed by atoms with van der Waals surface area (Å²) in [5.41, 5.74) is 6.76. The molecule has 0 aliphatic carbocycles. The zero-order valence-corrected chi connectivity index (χ0v) is 8.34. The minimum absolute atomic E-state index is 0.307. The molecule has 0 aliphatic heterocycles. The van der Waals surface area contributed by atoms with Gasteiger partial charge < -0.3 is 10.5 Å². The molecule has 0 aliphatic rings. The second-order valence-electron chi connectivity index (χ2n) is 3.08. The van der Waals surface area contributed by atoms with E-state index in [4.69, 9.17) is 5.73 Å². The van der Waals surface area contributed by atoms with E-state index in [2.05, 4.69) is 9.72 Å². The highest BCUT2D eigenvalue weighted by atomic mass is 16.5. The van der Waals surface area contributed by atoms with Crippen LogP contribution in [-0.2, 0) is 16.0 Å². The topological polar surface area (TPSA) is 82.3 Å². The molecule has 0 spiro atoms. The number of hydrogen-bond acceptors (Lipinski definition) is 5. The van der Waals surface area contributed by atoms with Crippen molar-refractivity contribution < 1.29 is 14.3 Å². The molecular formula is C10H12N2O3. The van der Waals surface area contributed by atoms with E-state index in [1.165, 1.54) is 13.3 Å². The zero-order valence-electron chi connectivity index (χ0n) is 8.34. The van der Waals surface area contributed by atoms with E-state index in [-0.39, 0.29) is 0 Å². The van der Waals surface area contributed by atoms with Gasteiger partial charge >= 0.3 is 5.97 Å². The molecule has 1 aromatic heterocycles. The summed E-state index contributed by atoms with van der Waals surface area (Å²) in [5.74, 6) is -0.480. The summed E-state index contributed by atoms with van der Waals surface area (Å²) < 4.78 is 4.49. The van der Waals surface area contributed by atoms with Crippen LogP contribution in [0, 0.1) is 0 Å². The smallest absolute Gasteiger partial charge is 0.322 e. The van der Waals surface area contributed by atoms with Gasteiger partial charge in [-0.2, -0.15) is 0 Å². The van der Waals surface area contributed by atoms with Gasteiger partial charge in [-0.05, 0) is 18.1 Å². The van der Waals surface area contributed by atoms with Crippen molar-refractivity contribution in [3.05, 3.63) is 29.6 Å². The molecule has 0 fully saturated rings. The number of aldehydes is 1. The van der Waals surface area contributed by atoms with Crippen LogP contribution >= 0.6 is 0 Å². The minimum Gasteiger partial charge on any atom is -0.468 e. The van der Waals surface area contributed by atoms with Gasteiger partial charge in [0.15, 0.2) is 6.29 Å². The Labute approximate surface area is 87.3 Å². The second-order valence-corrected chi connectivity index (χ2v) is 3.08. The van der Waals surface area contributed by atoms with Crippen LogP contribution in [0.3, 0.4) is 0 Å². The first kappa shape index (κ1) is 11.3. The second kappa shape index (κ2) is 5.21. The first-order valence-corrected chi connectivity index (χ1v) is 4.40. The van der Waals surface area contributed by atoms with Gasteiger partial charge in [0.2, 0.25) is 0 Å². The lowest BCUT2D eigenvalue weighted by atomic mass is 10.1. The fourth-order valence-corrected chi connectivity index (χ4v) is 1.17. The average Bonchev–Trinajstić information content (AvgIpc) is 2.28. The van der Waals surface area contributed by atoms with Crippen molar-refractivity contribution in [1.82, 2.24) is 4.98 Å².